The summed E-state index contributed by atoms with van der Waals surface area (Å²) < 4.78 is 0. The topological polar surface area (TPSA) is 35.2 Å². The lowest BCUT2D eigenvalue weighted by molar-refractivity contribution is 0.282. The lowest BCUT2D eigenvalue weighted by Gasteiger charge is -2.34. The number of piperazine rings is 1. The van der Waals surface area contributed by atoms with Crippen molar-refractivity contribution in [2.75, 3.05) is 37.6 Å². The average molecular weight is 229 g/mol. The molecule has 0 atom stereocenters. The smallest absolute Gasteiger partial charge is 0.158 e. The van der Waals surface area contributed by atoms with Gasteiger partial charge in [0.05, 0.1) is 5.52 Å². The third kappa shape index (κ3) is 1.89. The van der Waals surface area contributed by atoms with Gasteiger partial charge >= 0.3 is 0 Å². The highest BCUT2D eigenvalue weighted by atomic mass is 15.3. The van der Waals surface area contributed by atoms with Crippen molar-refractivity contribution in [2.24, 2.45) is 0 Å². The van der Waals surface area contributed by atoms with E-state index in [0.29, 0.717) is 0 Å². The predicted octanol–water partition coefficient (Wildman–Crippen LogP) is 1.52. The fourth-order valence-corrected chi connectivity index (χ4v) is 2.37. The Morgan fingerprint density at radius 3 is 2.71 bits per heavy atom. The minimum absolute atomic E-state index is 0.898. The van der Waals surface area contributed by atoms with Crippen molar-refractivity contribution in [3.05, 3.63) is 31.2 Å². The molecular weight excluding hydrogens is 212 g/mol. The zero-order valence-electron chi connectivity index (χ0n) is 9.89. The normalized spacial score (nSPS) is 17.8. The number of H-pyrrole nitrogens is 1. The van der Waals surface area contributed by atoms with Crippen LogP contribution in [0.2, 0.25) is 0 Å². The number of fused-ring (bicyclic) bond motifs is 1. The molecule has 1 aromatic heterocycles. The van der Waals surface area contributed by atoms with Crippen molar-refractivity contribution in [3.8, 4) is 0 Å². The number of anilines is 1. The first kappa shape index (κ1) is 10.6. The molecule has 3 rings (SSSR count). The number of para-hydroxylation sites is 1. The average Bonchev–Trinajstić information content (AvgIpc) is 2.83. The van der Waals surface area contributed by atoms with Crippen LogP contribution in [0.3, 0.4) is 0 Å². The molecule has 1 aromatic carbocycles. The van der Waals surface area contributed by atoms with Crippen LogP contribution < -0.4 is 4.90 Å². The van der Waals surface area contributed by atoms with Crippen LogP contribution in [-0.4, -0.2) is 47.8 Å². The van der Waals surface area contributed by atoms with Gasteiger partial charge in [0.25, 0.3) is 0 Å². The maximum Gasteiger partial charge on any atom is 0.158 e. The SMILES string of the molecule is [CH2]CN1CCN(c2n[nH]c3ccccc23)CC1. The summed E-state index contributed by atoms with van der Waals surface area (Å²) in [4.78, 5) is 4.72. The van der Waals surface area contributed by atoms with Gasteiger partial charge in [0, 0.05) is 31.6 Å². The molecule has 0 bridgehead atoms. The number of hydrogen-bond acceptors (Lipinski definition) is 3. The molecule has 1 N–H and O–H groups in total. The van der Waals surface area contributed by atoms with Crippen LogP contribution in [-0.2, 0) is 0 Å². The van der Waals surface area contributed by atoms with E-state index in [2.05, 4.69) is 45.1 Å². The van der Waals surface area contributed by atoms with Gasteiger partial charge in [0.15, 0.2) is 5.82 Å². The Morgan fingerprint density at radius 2 is 1.94 bits per heavy atom. The number of nitrogens with zero attached hydrogens (tertiary/aromatic N) is 3. The molecule has 2 aromatic rings. The minimum Gasteiger partial charge on any atom is -0.352 e. The monoisotopic (exact) mass is 229 g/mol. The first-order valence-corrected chi connectivity index (χ1v) is 6.08. The van der Waals surface area contributed by atoms with Gasteiger partial charge in [-0.15, -0.1) is 0 Å². The van der Waals surface area contributed by atoms with Crippen molar-refractivity contribution >= 4 is 16.7 Å². The van der Waals surface area contributed by atoms with E-state index in [1.165, 1.54) is 5.39 Å². The highest BCUT2D eigenvalue weighted by Gasteiger charge is 2.19. The van der Waals surface area contributed by atoms with E-state index in [1.807, 2.05) is 6.07 Å². The molecule has 0 spiro atoms. The van der Waals surface area contributed by atoms with E-state index >= 15 is 0 Å². The molecule has 0 amide bonds. The molecule has 1 fully saturated rings. The molecule has 0 unspecified atom stereocenters. The summed E-state index contributed by atoms with van der Waals surface area (Å²) in [6, 6.07) is 8.29. The summed E-state index contributed by atoms with van der Waals surface area (Å²) in [5, 5.41) is 8.75. The van der Waals surface area contributed by atoms with Crippen LogP contribution in [0.4, 0.5) is 5.82 Å². The summed E-state index contributed by atoms with van der Waals surface area (Å²) in [7, 11) is 0. The van der Waals surface area contributed by atoms with Gasteiger partial charge in [-0.25, -0.2) is 0 Å². The summed E-state index contributed by atoms with van der Waals surface area (Å²) >= 11 is 0. The lowest BCUT2D eigenvalue weighted by Crippen LogP contribution is -2.46. The zero-order valence-corrected chi connectivity index (χ0v) is 9.89. The highest BCUT2D eigenvalue weighted by molar-refractivity contribution is 5.90. The molecular formula is C13H17N4. The Labute approximate surface area is 101 Å². The van der Waals surface area contributed by atoms with Crippen LogP contribution in [0.15, 0.2) is 24.3 Å². The molecule has 17 heavy (non-hydrogen) atoms. The number of hydrogen-bond donors (Lipinski definition) is 1. The molecule has 0 saturated carbocycles. The fourth-order valence-electron chi connectivity index (χ4n) is 2.37. The van der Waals surface area contributed by atoms with E-state index < -0.39 is 0 Å². The maximum atomic E-state index is 4.44. The van der Waals surface area contributed by atoms with Crippen molar-refractivity contribution in [1.82, 2.24) is 15.1 Å². The largest absolute Gasteiger partial charge is 0.352 e. The van der Waals surface area contributed by atoms with Crippen LogP contribution in [0.1, 0.15) is 0 Å². The van der Waals surface area contributed by atoms with E-state index in [-0.39, 0.29) is 0 Å². The summed E-state index contributed by atoms with van der Waals surface area (Å²) in [5.41, 5.74) is 1.11. The van der Waals surface area contributed by atoms with Gasteiger partial charge in [-0.3, -0.25) is 10.00 Å². The van der Waals surface area contributed by atoms with Crippen LogP contribution in [0.5, 0.6) is 0 Å². The summed E-state index contributed by atoms with van der Waals surface area (Å²) in [6.07, 6.45) is 0. The van der Waals surface area contributed by atoms with Gasteiger partial charge < -0.3 is 4.90 Å². The quantitative estimate of drug-likeness (QED) is 0.848. The second-order valence-corrected chi connectivity index (χ2v) is 4.42. The number of rotatable bonds is 2. The predicted molar refractivity (Wildman–Crippen MR) is 70.1 cm³/mol. The molecule has 0 aliphatic carbocycles. The first-order chi connectivity index (χ1) is 8.38. The minimum atomic E-state index is 0.898. The van der Waals surface area contributed by atoms with Crippen LogP contribution in [0, 0.1) is 6.92 Å². The Kier molecular flexibility index (Phi) is 2.73. The van der Waals surface area contributed by atoms with Crippen LogP contribution in [0.25, 0.3) is 10.9 Å². The highest BCUT2D eigenvalue weighted by Crippen LogP contribution is 2.24. The van der Waals surface area contributed by atoms with Crippen molar-refractivity contribution in [1.29, 1.82) is 0 Å². The Bertz CT molecular complexity index is 497. The fraction of sp³-hybridized carbons (Fsp3) is 0.385. The van der Waals surface area contributed by atoms with Gasteiger partial charge in [-0.05, 0) is 25.6 Å². The number of nitrogens with one attached hydrogen (secondary N) is 1. The van der Waals surface area contributed by atoms with Gasteiger partial charge in [-0.1, -0.05) is 12.1 Å². The van der Waals surface area contributed by atoms with E-state index in [1.54, 1.807) is 0 Å². The van der Waals surface area contributed by atoms with Crippen molar-refractivity contribution < 1.29 is 0 Å². The Morgan fingerprint density at radius 1 is 1.18 bits per heavy atom. The molecule has 4 nitrogen and oxygen atoms in total. The molecule has 89 valence electrons. The second-order valence-electron chi connectivity index (χ2n) is 4.42. The van der Waals surface area contributed by atoms with Gasteiger partial charge in [0.1, 0.15) is 0 Å². The van der Waals surface area contributed by atoms with E-state index in [4.69, 9.17) is 0 Å². The Balaban J connectivity index is 1.85. The van der Waals surface area contributed by atoms with Gasteiger partial charge in [-0.2, -0.15) is 5.10 Å². The number of aromatic nitrogens is 2. The standard InChI is InChI=1S/C13H17N4/c1-2-16-7-9-17(10-8-16)13-11-5-3-4-6-12(11)14-15-13/h3-6H,1-2,7-10H2,(H,14,15). The summed E-state index contributed by atoms with van der Waals surface area (Å²) in [5.74, 6) is 1.09. The lowest BCUT2D eigenvalue weighted by atomic mass is 10.2. The van der Waals surface area contributed by atoms with Crippen molar-refractivity contribution in [2.45, 2.75) is 0 Å². The molecule has 1 radical (unpaired) electrons. The van der Waals surface area contributed by atoms with Crippen LogP contribution >= 0.6 is 0 Å². The first-order valence-electron chi connectivity index (χ1n) is 6.08. The molecule has 2 heterocycles. The molecule has 1 saturated heterocycles. The summed E-state index contributed by atoms with van der Waals surface area (Å²) in [6.45, 7) is 9.04. The third-order valence-electron chi connectivity index (χ3n) is 3.44. The Hall–Kier alpha value is -1.55. The van der Waals surface area contributed by atoms with Gasteiger partial charge in [0.2, 0.25) is 0 Å². The number of benzene rings is 1. The van der Waals surface area contributed by atoms with E-state index in [0.717, 1.165) is 44.1 Å². The second kappa shape index (κ2) is 4.37. The van der Waals surface area contributed by atoms with E-state index in [9.17, 15) is 0 Å². The maximum absolute atomic E-state index is 4.44. The number of aromatic amines is 1. The third-order valence-corrected chi connectivity index (χ3v) is 3.44. The zero-order chi connectivity index (χ0) is 11.7. The molecule has 1 aliphatic rings. The molecule has 1 aliphatic heterocycles. The molecule has 4 heteroatoms. The van der Waals surface area contributed by atoms with Crippen molar-refractivity contribution in [3.63, 3.8) is 0 Å².